The maximum atomic E-state index is 12.6. The summed E-state index contributed by atoms with van der Waals surface area (Å²) in [4.78, 5) is 17.2. The number of likely N-dealkylation sites (N-methyl/N-ethyl adjacent to an activating group) is 1. The van der Waals surface area contributed by atoms with E-state index in [9.17, 15) is 4.79 Å². The van der Waals surface area contributed by atoms with Crippen LogP contribution in [0.2, 0.25) is 0 Å². The lowest BCUT2D eigenvalue weighted by Crippen LogP contribution is -2.46. The first kappa shape index (κ1) is 15.3. The first-order chi connectivity index (χ1) is 11.7. The Morgan fingerprint density at radius 1 is 0.833 bits per heavy atom. The monoisotopic (exact) mass is 318 g/mol. The lowest BCUT2D eigenvalue weighted by molar-refractivity contribution is 0.0876. The molecule has 4 rings (SSSR count). The number of carbonyl (C=O) groups is 1. The SMILES string of the molecule is CN1CCN(CC(=O)c2ccc3cc4ccccc4cc3c2)CC1. The van der Waals surface area contributed by atoms with Crippen LogP contribution >= 0.6 is 0 Å². The minimum absolute atomic E-state index is 0.217. The van der Waals surface area contributed by atoms with Gasteiger partial charge in [0.15, 0.2) is 5.78 Å². The summed E-state index contributed by atoms with van der Waals surface area (Å²) in [5, 5.41) is 4.78. The predicted molar refractivity (Wildman–Crippen MR) is 99.7 cm³/mol. The highest BCUT2D eigenvalue weighted by atomic mass is 16.1. The molecule has 0 atom stereocenters. The normalized spacial score (nSPS) is 16.7. The molecule has 1 heterocycles. The Bertz CT molecular complexity index is 895. The van der Waals surface area contributed by atoms with Crippen molar-refractivity contribution in [3.8, 4) is 0 Å². The predicted octanol–water partition coefficient (Wildman–Crippen LogP) is 3.42. The van der Waals surface area contributed by atoms with Crippen LogP contribution in [0.1, 0.15) is 10.4 Å². The molecular weight excluding hydrogens is 296 g/mol. The molecule has 0 bridgehead atoms. The molecular formula is C21H22N2O. The van der Waals surface area contributed by atoms with E-state index in [0.717, 1.165) is 37.1 Å². The minimum atomic E-state index is 0.217. The molecule has 0 amide bonds. The maximum Gasteiger partial charge on any atom is 0.176 e. The Balaban J connectivity index is 1.59. The molecule has 1 saturated heterocycles. The van der Waals surface area contributed by atoms with Gasteiger partial charge < -0.3 is 4.90 Å². The minimum Gasteiger partial charge on any atom is -0.304 e. The van der Waals surface area contributed by atoms with Crippen molar-refractivity contribution in [1.82, 2.24) is 9.80 Å². The second-order valence-electron chi connectivity index (χ2n) is 6.76. The Kier molecular flexibility index (Phi) is 4.05. The number of rotatable bonds is 3. The molecule has 0 aromatic heterocycles. The number of ketones is 1. The Labute approximate surface area is 142 Å². The molecule has 1 aliphatic rings. The third-order valence-electron chi connectivity index (χ3n) is 4.99. The number of benzene rings is 3. The van der Waals surface area contributed by atoms with Crippen LogP contribution in [0.4, 0.5) is 0 Å². The van der Waals surface area contributed by atoms with E-state index >= 15 is 0 Å². The average Bonchev–Trinajstić information content (AvgIpc) is 2.61. The molecule has 0 N–H and O–H groups in total. The van der Waals surface area contributed by atoms with E-state index < -0.39 is 0 Å². The molecule has 122 valence electrons. The number of nitrogens with zero attached hydrogens (tertiary/aromatic N) is 2. The lowest BCUT2D eigenvalue weighted by atomic mass is 10.00. The smallest absolute Gasteiger partial charge is 0.176 e. The fourth-order valence-corrected chi connectivity index (χ4v) is 3.41. The van der Waals surface area contributed by atoms with Gasteiger partial charge >= 0.3 is 0 Å². The Morgan fingerprint density at radius 3 is 2.17 bits per heavy atom. The lowest BCUT2D eigenvalue weighted by Gasteiger charge is -2.31. The van der Waals surface area contributed by atoms with Crippen molar-refractivity contribution in [2.24, 2.45) is 0 Å². The van der Waals surface area contributed by atoms with Crippen molar-refractivity contribution in [3.63, 3.8) is 0 Å². The van der Waals surface area contributed by atoms with Gasteiger partial charge in [0.2, 0.25) is 0 Å². The zero-order valence-electron chi connectivity index (χ0n) is 14.0. The number of fused-ring (bicyclic) bond motifs is 2. The van der Waals surface area contributed by atoms with Gasteiger partial charge in [-0.1, -0.05) is 36.4 Å². The largest absolute Gasteiger partial charge is 0.304 e. The number of carbonyl (C=O) groups excluding carboxylic acids is 1. The van der Waals surface area contributed by atoms with E-state index in [0.29, 0.717) is 6.54 Å². The summed E-state index contributed by atoms with van der Waals surface area (Å²) in [5.41, 5.74) is 0.816. The van der Waals surface area contributed by atoms with Crippen molar-refractivity contribution in [2.75, 3.05) is 39.8 Å². The molecule has 0 saturated carbocycles. The fraction of sp³-hybridized carbons (Fsp3) is 0.286. The van der Waals surface area contributed by atoms with Gasteiger partial charge in [-0.05, 0) is 46.8 Å². The molecule has 0 spiro atoms. The summed E-state index contributed by atoms with van der Waals surface area (Å²) in [6, 6.07) is 18.8. The van der Waals surface area contributed by atoms with Gasteiger partial charge in [0.05, 0.1) is 6.54 Å². The standard InChI is InChI=1S/C21H22N2O/c1-22-8-10-23(11-9-22)15-21(24)19-7-6-18-12-16-4-2-3-5-17(16)13-20(18)14-19/h2-7,12-14H,8-11,15H2,1H3. The summed E-state index contributed by atoms with van der Waals surface area (Å²) in [5.74, 6) is 0.217. The van der Waals surface area contributed by atoms with Gasteiger partial charge in [-0.25, -0.2) is 0 Å². The Morgan fingerprint density at radius 2 is 1.46 bits per heavy atom. The second kappa shape index (κ2) is 6.34. The zero-order valence-corrected chi connectivity index (χ0v) is 14.0. The summed E-state index contributed by atoms with van der Waals surface area (Å²) < 4.78 is 0. The van der Waals surface area contributed by atoms with Gasteiger partial charge in [0, 0.05) is 31.7 Å². The highest BCUT2D eigenvalue weighted by molar-refractivity contribution is 6.04. The van der Waals surface area contributed by atoms with Crippen LogP contribution in [-0.4, -0.2) is 55.4 Å². The van der Waals surface area contributed by atoms with Crippen LogP contribution in [-0.2, 0) is 0 Å². The van der Waals surface area contributed by atoms with Crippen molar-refractivity contribution >= 4 is 27.3 Å². The number of hydrogen-bond donors (Lipinski definition) is 0. The van der Waals surface area contributed by atoms with Crippen molar-refractivity contribution in [3.05, 3.63) is 60.2 Å². The Hall–Kier alpha value is -2.23. The molecule has 24 heavy (non-hydrogen) atoms. The molecule has 0 unspecified atom stereocenters. The van der Waals surface area contributed by atoms with Crippen LogP contribution in [0.15, 0.2) is 54.6 Å². The summed E-state index contributed by atoms with van der Waals surface area (Å²) >= 11 is 0. The third kappa shape index (κ3) is 3.05. The van der Waals surface area contributed by atoms with Gasteiger partial charge in [-0.2, -0.15) is 0 Å². The third-order valence-corrected chi connectivity index (χ3v) is 4.99. The van der Waals surface area contributed by atoms with Crippen LogP contribution < -0.4 is 0 Å². The number of hydrogen-bond acceptors (Lipinski definition) is 3. The van der Waals surface area contributed by atoms with E-state index in [1.807, 2.05) is 12.1 Å². The van der Waals surface area contributed by atoms with E-state index in [2.05, 4.69) is 59.3 Å². The first-order valence-corrected chi connectivity index (χ1v) is 8.56. The maximum absolute atomic E-state index is 12.6. The van der Waals surface area contributed by atoms with Crippen LogP contribution in [0.5, 0.6) is 0 Å². The van der Waals surface area contributed by atoms with Gasteiger partial charge in [-0.15, -0.1) is 0 Å². The van der Waals surface area contributed by atoms with Crippen LogP contribution in [0.3, 0.4) is 0 Å². The zero-order chi connectivity index (χ0) is 16.5. The van der Waals surface area contributed by atoms with Crippen LogP contribution in [0, 0.1) is 0 Å². The van der Waals surface area contributed by atoms with Crippen molar-refractivity contribution in [1.29, 1.82) is 0 Å². The van der Waals surface area contributed by atoms with E-state index in [1.54, 1.807) is 0 Å². The summed E-state index contributed by atoms with van der Waals surface area (Å²) in [6.45, 7) is 4.54. The van der Waals surface area contributed by atoms with Crippen molar-refractivity contribution in [2.45, 2.75) is 0 Å². The van der Waals surface area contributed by atoms with Gasteiger partial charge in [0.25, 0.3) is 0 Å². The topological polar surface area (TPSA) is 23.6 Å². The molecule has 0 aliphatic carbocycles. The molecule has 3 aromatic carbocycles. The second-order valence-corrected chi connectivity index (χ2v) is 6.76. The van der Waals surface area contributed by atoms with E-state index in [4.69, 9.17) is 0 Å². The molecule has 3 nitrogen and oxygen atoms in total. The first-order valence-electron chi connectivity index (χ1n) is 8.56. The summed E-state index contributed by atoms with van der Waals surface area (Å²) in [7, 11) is 2.13. The fourth-order valence-electron chi connectivity index (χ4n) is 3.41. The molecule has 0 radical (unpaired) electrons. The highest BCUT2D eigenvalue weighted by Gasteiger charge is 2.17. The van der Waals surface area contributed by atoms with Crippen LogP contribution in [0.25, 0.3) is 21.5 Å². The molecule has 1 aliphatic heterocycles. The number of piperazine rings is 1. The van der Waals surface area contributed by atoms with Gasteiger partial charge in [-0.3, -0.25) is 9.69 Å². The molecule has 3 aromatic rings. The average molecular weight is 318 g/mol. The highest BCUT2D eigenvalue weighted by Crippen LogP contribution is 2.24. The van der Waals surface area contributed by atoms with Gasteiger partial charge in [0.1, 0.15) is 0 Å². The van der Waals surface area contributed by atoms with E-state index in [1.165, 1.54) is 16.2 Å². The molecule has 1 fully saturated rings. The van der Waals surface area contributed by atoms with Crippen molar-refractivity contribution < 1.29 is 4.79 Å². The molecule has 3 heteroatoms. The quantitative estimate of drug-likeness (QED) is 0.546. The number of Topliss-reactive ketones (excluding diaryl/α,β-unsaturated/α-hetero) is 1. The summed E-state index contributed by atoms with van der Waals surface area (Å²) in [6.07, 6.45) is 0. The van der Waals surface area contributed by atoms with E-state index in [-0.39, 0.29) is 5.78 Å².